The van der Waals surface area contributed by atoms with E-state index >= 15 is 0 Å². The summed E-state index contributed by atoms with van der Waals surface area (Å²) in [6.45, 7) is 6.23. The van der Waals surface area contributed by atoms with E-state index in [2.05, 4.69) is 15.3 Å². The lowest BCUT2D eigenvalue weighted by atomic mass is 10.4. The average Bonchev–Trinajstić information content (AvgIpc) is 3.15. The number of rotatable bonds is 5. The van der Waals surface area contributed by atoms with Crippen LogP contribution in [0, 0.1) is 13.8 Å². The van der Waals surface area contributed by atoms with Gasteiger partial charge < -0.3 is 9.88 Å². The summed E-state index contributed by atoms with van der Waals surface area (Å²) >= 11 is 2.65. The molecule has 1 N–H and O–H groups in total. The van der Waals surface area contributed by atoms with E-state index in [0.29, 0.717) is 28.0 Å². The van der Waals surface area contributed by atoms with Crippen LogP contribution < -0.4 is 16.6 Å². The van der Waals surface area contributed by atoms with Crippen LogP contribution in [0.2, 0.25) is 0 Å². The van der Waals surface area contributed by atoms with Gasteiger partial charge in [0.2, 0.25) is 5.91 Å². The molecule has 0 atom stereocenters. The molecule has 0 aromatic carbocycles. The van der Waals surface area contributed by atoms with Crippen molar-refractivity contribution in [2.45, 2.75) is 32.5 Å². The van der Waals surface area contributed by atoms with Gasteiger partial charge in [-0.1, -0.05) is 11.8 Å². The molecule has 1 amide bonds. The number of amides is 1. The summed E-state index contributed by atoms with van der Waals surface area (Å²) in [7, 11) is 3.01. The second kappa shape index (κ2) is 7.31. The maximum absolute atomic E-state index is 12.5. The minimum atomic E-state index is -0.433. The van der Waals surface area contributed by atoms with Crippen molar-refractivity contribution in [1.29, 1.82) is 0 Å². The van der Waals surface area contributed by atoms with Crippen molar-refractivity contribution in [3.8, 4) is 0 Å². The number of aromatic nitrogens is 5. The Labute approximate surface area is 163 Å². The molecule has 0 spiro atoms. The zero-order valence-corrected chi connectivity index (χ0v) is 17.3. The molecule has 3 heterocycles. The zero-order valence-electron chi connectivity index (χ0n) is 15.7. The number of aryl methyl sites for hydroxylation is 4. The van der Waals surface area contributed by atoms with E-state index in [0.717, 1.165) is 15.1 Å². The summed E-state index contributed by atoms with van der Waals surface area (Å²) in [6, 6.07) is 0. The number of nitrogens with one attached hydrogen (secondary N) is 1. The third kappa shape index (κ3) is 3.44. The number of carbonyl (C=O) groups is 1. The monoisotopic (exact) mass is 408 g/mol. The summed E-state index contributed by atoms with van der Waals surface area (Å²) < 4.78 is 4.13. The molecule has 0 aliphatic rings. The summed E-state index contributed by atoms with van der Waals surface area (Å²) in [6.07, 6.45) is 0. The van der Waals surface area contributed by atoms with E-state index in [1.165, 1.54) is 34.7 Å². The Kier molecular flexibility index (Phi) is 5.24. The molecule has 0 aliphatic carbocycles. The quantitative estimate of drug-likeness (QED) is 0.638. The fourth-order valence-corrected chi connectivity index (χ4v) is 4.33. The van der Waals surface area contributed by atoms with Crippen molar-refractivity contribution in [3.05, 3.63) is 31.4 Å². The molecule has 9 nitrogen and oxygen atoms in total. The standard InChI is InChI=1S/C16H20N6O3S2/c1-6-22-11-12(20(4)16(25)21(5)13(11)24)19-15(22)26-7-10(23)18-14-17-8(2)9(3)27-14/h6-7H2,1-5H3,(H,17,18,23). The van der Waals surface area contributed by atoms with Crippen LogP contribution in [0.15, 0.2) is 14.7 Å². The van der Waals surface area contributed by atoms with E-state index in [1.807, 2.05) is 20.8 Å². The van der Waals surface area contributed by atoms with Gasteiger partial charge in [-0.15, -0.1) is 11.3 Å². The van der Waals surface area contributed by atoms with Gasteiger partial charge in [0.05, 0.1) is 11.4 Å². The first-order chi connectivity index (χ1) is 12.7. The van der Waals surface area contributed by atoms with E-state index in [1.54, 1.807) is 11.6 Å². The molecule has 144 valence electrons. The number of carbonyl (C=O) groups excluding carboxylic acids is 1. The Hall–Kier alpha value is -2.40. The largest absolute Gasteiger partial charge is 0.332 e. The Morgan fingerprint density at radius 3 is 2.48 bits per heavy atom. The molecule has 0 unspecified atom stereocenters. The van der Waals surface area contributed by atoms with Crippen molar-refractivity contribution in [2.24, 2.45) is 14.1 Å². The van der Waals surface area contributed by atoms with Crippen molar-refractivity contribution in [2.75, 3.05) is 11.1 Å². The highest BCUT2D eigenvalue weighted by atomic mass is 32.2. The van der Waals surface area contributed by atoms with Gasteiger partial charge in [0, 0.05) is 25.5 Å². The van der Waals surface area contributed by atoms with Crippen LogP contribution in [0.3, 0.4) is 0 Å². The van der Waals surface area contributed by atoms with Gasteiger partial charge in [0.15, 0.2) is 21.5 Å². The second-order valence-corrected chi connectivity index (χ2v) is 8.16. The van der Waals surface area contributed by atoms with Gasteiger partial charge in [-0.3, -0.25) is 18.7 Å². The molecule has 0 aliphatic heterocycles. The highest BCUT2D eigenvalue weighted by molar-refractivity contribution is 7.99. The normalized spacial score (nSPS) is 11.3. The summed E-state index contributed by atoms with van der Waals surface area (Å²) in [5.41, 5.74) is 0.743. The third-order valence-corrected chi connectivity index (χ3v) is 6.20. The van der Waals surface area contributed by atoms with Crippen LogP contribution in [0.25, 0.3) is 11.2 Å². The maximum atomic E-state index is 12.5. The van der Waals surface area contributed by atoms with E-state index in [9.17, 15) is 14.4 Å². The molecule has 27 heavy (non-hydrogen) atoms. The summed E-state index contributed by atoms with van der Waals surface area (Å²) in [5, 5.41) is 3.86. The Balaban J connectivity index is 1.88. The highest BCUT2D eigenvalue weighted by Crippen LogP contribution is 2.24. The molecule has 11 heteroatoms. The van der Waals surface area contributed by atoms with Gasteiger partial charge >= 0.3 is 5.69 Å². The number of hydrogen-bond acceptors (Lipinski definition) is 7. The van der Waals surface area contributed by atoms with Gasteiger partial charge in [-0.25, -0.2) is 14.8 Å². The average molecular weight is 409 g/mol. The molecule has 3 aromatic rings. The molecule has 0 saturated heterocycles. The lowest BCUT2D eigenvalue weighted by Crippen LogP contribution is -2.37. The van der Waals surface area contributed by atoms with Gasteiger partial charge in [-0.05, 0) is 20.8 Å². The van der Waals surface area contributed by atoms with E-state index in [-0.39, 0.29) is 11.7 Å². The van der Waals surface area contributed by atoms with Crippen LogP contribution in [0.4, 0.5) is 5.13 Å². The van der Waals surface area contributed by atoms with Crippen LogP contribution in [0.5, 0.6) is 0 Å². The number of fused-ring (bicyclic) bond motifs is 1. The third-order valence-electron chi connectivity index (χ3n) is 4.24. The first kappa shape index (κ1) is 19.4. The van der Waals surface area contributed by atoms with Crippen molar-refractivity contribution < 1.29 is 4.79 Å². The smallest absolute Gasteiger partial charge is 0.313 e. The minimum absolute atomic E-state index is 0.120. The number of anilines is 1. The molecular weight excluding hydrogens is 388 g/mol. The molecule has 3 aromatic heterocycles. The zero-order chi connectivity index (χ0) is 19.9. The molecule has 0 bridgehead atoms. The predicted molar refractivity (Wildman–Crippen MR) is 107 cm³/mol. The Morgan fingerprint density at radius 1 is 1.19 bits per heavy atom. The molecular formula is C16H20N6O3S2. The first-order valence-electron chi connectivity index (χ1n) is 8.27. The topological polar surface area (TPSA) is 104 Å². The van der Waals surface area contributed by atoms with Crippen LogP contribution in [-0.4, -0.2) is 35.3 Å². The first-order valence-corrected chi connectivity index (χ1v) is 10.1. The number of thioether (sulfide) groups is 1. The van der Waals surface area contributed by atoms with Crippen molar-refractivity contribution >= 4 is 45.3 Å². The molecule has 0 saturated carbocycles. The fraction of sp³-hybridized carbons (Fsp3) is 0.438. The van der Waals surface area contributed by atoms with Gasteiger partial charge in [-0.2, -0.15) is 0 Å². The number of nitrogens with zero attached hydrogens (tertiary/aromatic N) is 5. The Morgan fingerprint density at radius 2 is 1.89 bits per heavy atom. The van der Waals surface area contributed by atoms with E-state index < -0.39 is 11.2 Å². The van der Waals surface area contributed by atoms with Crippen molar-refractivity contribution in [1.82, 2.24) is 23.7 Å². The highest BCUT2D eigenvalue weighted by Gasteiger charge is 2.19. The minimum Gasteiger partial charge on any atom is -0.313 e. The van der Waals surface area contributed by atoms with Crippen LogP contribution in [0.1, 0.15) is 17.5 Å². The number of imidazole rings is 1. The molecule has 3 rings (SSSR count). The van der Waals surface area contributed by atoms with Gasteiger partial charge in [0.1, 0.15) is 0 Å². The maximum Gasteiger partial charge on any atom is 0.332 e. The molecule has 0 fully saturated rings. The number of thiazole rings is 1. The number of hydrogen-bond donors (Lipinski definition) is 1. The summed E-state index contributed by atoms with van der Waals surface area (Å²) in [4.78, 5) is 46.6. The van der Waals surface area contributed by atoms with Crippen LogP contribution >= 0.6 is 23.1 Å². The fourth-order valence-electron chi connectivity index (χ4n) is 2.64. The second-order valence-electron chi connectivity index (χ2n) is 6.01. The summed E-state index contributed by atoms with van der Waals surface area (Å²) in [5.74, 6) is -0.0832. The Bertz CT molecular complexity index is 1130. The lowest BCUT2D eigenvalue weighted by molar-refractivity contribution is -0.113. The predicted octanol–water partition coefficient (Wildman–Crippen LogP) is 1.26. The molecule has 0 radical (unpaired) electrons. The lowest BCUT2D eigenvalue weighted by Gasteiger charge is -2.06. The van der Waals surface area contributed by atoms with Crippen LogP contribution in [-0.2, 0) is 25.4 Å². The van der Waals surface area contributed by atoms with Crippen molar-refractivity contribution in [3.63, 3.8) is 0 Å². The SMILES string of the molecule is CCn1c(SCC(=O)Nc2nc(C)c(C)s2)nc2c1c(=O)n(C)c(=O)n2C. The van der Waals surface area contributed by atoms with Gasteiger partial charge in [0.25, 0.3) is 5.56 Å². The van der Waals surface area contributed by atoms with E-state index in [4.69, 9.17) is 0 Å².